The van der Waals surface area contributed by atoms with Gasteiger partial charge in [-0.05, 0) is 48.0 Å². The first kappa shape index (κ1) is 36.2. The van der Waals surface area contributed by atoms with Crippen molar-refractivity contribution in [3.8, 4) is 11.5 Å². The molecular formula is C35H30N6O11. The zero-order valence-electron chi connectivity index (χ0n) is 26.0. The molecule has 52 heavy (non-hydrogen) atoms. The minimum absolute atomic E-state index is 0. The maximum Gasteiger partial charge on any atom is 0.293 e. The summed E-state index contributed by atoms with van der Waals surface area (Å²) < 4.78 is 0. The molecule has 0 saturated carbocycles. The number of aliphatic hydroxyl groups excluding tert-OH is 2. The molecule has 266 valence electrons. The number of nitrogens with one attached hydrogen (secondary N) is 4. The highest BCUT2D eigenvalue weighted by atomic mass is 16.6. The second kappa shape index (κ2) is 14.4. The summed E-state index contributed by atoms with van der Waals surface area (Å²) >= 11 is 0. The van der Waals surface area contributed by atoms with Gasteiger partial charge in [0.05, 0.1) is 40.2 Å². The Morgan fingerprint density at radius 1 is 0.673 bits per heavy atom. The molecule has 0 saturated heterocycles. The van der Waals surface area contributed by atoms with Gasteiger partial charge in [0, 0.05) is 45.4 Å². The van der Waals surface area contributed by atoms with E-state index in [9.17, 15) is 44.8 Å². The Balaban J connectivity index is 0.000000164. The molecule has 0 radical (unpaired) electrons. The fourth-order valence-corrected chi connectivity index (χ4v) is 5.98. The number of fused-ring (bicyclic) bond motifs is 4. The molecule has 0 fully saturated rings. The van der Waals surface area contributed by atoms with Gasteiger partial charge >= 0.3 is 0 Å². The van der Waals surface area contributed by atoms with Crippen molar-refractivity contribution >= 4 is 50.9 Å². The number of rotatable bonds is 5. The lowest BCUT2D eigenvalue weighted by Gasteiger charge is -2.13. The number of nitrogens with zero attached hydrogens (tertiary/aromatic N) is 2. The van der Waals surface area contributed by atoms with Crippen molar-refractivity contribution in [3.63, 3.8) is 0 Å². The molecule has 17 nitrogen and oxygen atoms in total. The Bertz CT molecular complexity index is 2420. The summed E-state index contributed by atoms with van der Waals surface area (Å²) in [5.41, 5.74) is 3.72. The fourth-order valence-electron chi connectivity index (χ4n) is 5.98. The second-order valence-electron chi connectivity index (χ2n) is 11.3. The maximum absolute atomic E-state index is 12.2. The number of benzene rings is 4. The molecule has 6 aromatic rings. The molecule has 17 heteroatoms. The highest BCUT2D eigenvalue weighted by Crippen LogP contribution is 2.40. The number of aliphatic hydroxyl groups is 2. The number of imide groups is 1. The zero-order chi connectivity index (χ0) is 36.6. The van der Waals surface area contributed by atoms with Gasteiger partial charge in [0.2, 0.25) is 0 Å². The highest BCUT2D eigenvalue weighted by molar-refractivity contribution is 6.21. The number of amides is 3. The standard InChI is InChI=1S/C17H13N3O5.C9H8N2O3.C8H5NO3.CH4/c21-7-12-14(10-2-1-3-13(20(24)25)15(10)18-12)16-11-6-8(22)4-5-9(11)17(23)19-16;12-5-7-4-6-2-1-3-8(11(13)14)9(6)10-7;10-4-1-2-5-6(3-4)8(12)9-7(5)11;/h1-6,16,18,21-22H,7H2,(H,19,23);1-4,10,12H,5H2;1-3,10H,(H,9,11,12);1H4. The quantitative estimate of drug-likeness (QED) is 0.0696. The van der Waals surface area contributed by atoms with Crippen molar-refractivity contribution in [2.75, 3.05) is 0 Å². The van der Waals surface area contributed by atoms with Crippen molar-refractivity contribution in [1.82, 2.24) is 20.6 Å². The number of hydrogen-bond donors (Lipinski definition) is 8. The predicted molar refractivity (Wildman–Crippen MR) is 186 cm³/mol. The van der Waals surface area contributed by atoms with Gasteiger partial charge in [-0.3, -0.25) is 39.9 Å². The minimum atomic E-state index is -0.618. The van der Waals surface area contributed by atoms with E-state index in [0.29, 0.717) is 44.5 Å². The van der Waals surface area contributed by atoms with E-state index < -0.39 is 27.7 Å². The molecule has 4 aromatic carbocycles. The third-order valence-electron chi connectivity index (χ3n) is 8.22. The van der Waals surface area contributed by atoms with E-state index in [2.05, 4.69) is 20.6 Å². The van der Waals surface area contributed by atoms with E-state index >= 15 is 0 Å². The second-order valence-corrected chi connectivity index (χ2v) is 11.3. The predicted octanol–water partition coefficient (Wildman–Crippen LogP) is 4.59. The van der Waals surface area contributed by atoms with Crippen molar-refractivity contribution < 1.29 is 44.7 Å². The van der Waals surface area contributed by atoms with Gasteiger partial charge in [-0.2, -0.15) is 0 Å². The Labute approximate surface area is 292 Å². The third kappa shape index (κ3) is 6.59. The van der Waals surface area contributed by atoms with Crippen LogP contribution in [0.4, 0.5) is 11.4 Å². The summed E-state index contributed by atoms with van der Waals surface area (Å²) in [7, 11) is 0. The van der Waals surface area contributed by atoms with Crippen LogP contribution in [0.5, 0.6) is 11.5 Å². The lowest BCUT2D eigenvalue weighted by atomic mass is 9.95. The molecular weight excluding hydrogens is 680 g/mol. The number of aromatic hydroxyl groups is 2. The van der Waals surface area contributed by atoms with Crippen molar-refractivity contribution in [1.29, 1.82) is 0 Å². The molecule has 3 amide bonds. The number of carbonyl (C=O) groups excluding carboxylic acids is 3. The van der Waals surface area contributed by atoms with E-state index in [0.717, 1.165) is 5.39 Å². The van der Waals surface area contributed by atoms with Gasteiger partial charge in [-0.1, -0.05) is 31.7 Å². The molecule has 0 spiro atoms. The lowest BCUT2D eigenvalue weighted by Crippen LogP contribution is -2.20. The van der Waals surface area contributed by atoms with Gasteiger partial charge in [0.25, 0.3) is 29.1 Å². The number of non-ortho nitro benzene ring substituents is 2. The van der Waals surface area contributed by atoms with Crippen molar-refractivity contribution in [2.45, 2.75) is 26.7 Å². The molecule has 0 aliphatic carbocycles. The van der Waals surface area contributed by atoms with Gasteiger partial charge in [0.1, 0.15) is 22.5 Å². The van der Waals surface area contributed by atoms with Crippen LogP contribution < -0.4 is 10.6 Å². The Hall–Kier alpha value is -7.11. The van der Waals surface area contributed by atoms with Crippen LogP contribution >= 0.6 is 0 Å². The first-order valence-electron chi connectivity index (χ1n) is 15.0. The number of carbonyl (C=O) groups is 3. The Kier molecular flexibility index (Phi) is 10.0. The summed E-state index contributed by atoms with van der Waals surface area (Å²) in [6, 6.07) is 19.0. The van der Waals surface area contributed by atoms with Crippen LogP contribution in [0.3, 0.4) is 0 Å². The number of hydrogen-bond acceptors (Lipinski definition) is 11. The average molecular weight is 711 g/mol. The van der Waals surface area contributed by atoms with Gasteiger partial charge in [-0.25, -0.2) is 0 Å². The van der Waals surface area contributed by atoms with Crippen LogP contribution in [-0.2, 0) is 13.2 Å². The molecule has 2 aromatic heterocycles. The summed E-state index contributed by atoms with van der Waals surface area (Å²) in [6.45, 7) is -0.520. The summed E-state index contributed by atoms with van der Waals surface area (Å²) in [4.78, 5) is 60.8. The van der Waals surface area contributed by atoms with Gasteiger partial charge in [-0.15, -0.1) is 0 Å². The topological polar surface area (TPSA) is 274 Å². The third-order valence-corrected chi connectivity index (χ3v) is 8.22. The maximum atomic E-state index is 12.2. The molecule has 0 bridgehead atoms. The van der Waals surface area contributed by atoms with Crippen LogP contribution in [-0.4, -0.2) is 58.0 Å². The molecule has 2 aliphatic rings. The molecule has 8 N–H and O–H groups in total. The van der Waals surface area contributed by atoms with E-state index in [4.69, 9.17) is 10.2 Å². The first-order valence-corrected chi connectivity index (χ1v) is 15.0. The lowest BCUT2D eigenvalue weighted by molar-refractivity contribution is -0.383. The van der Waals surface area contributed by atoms with Gasteiger partial charge in [0.15, 0.2) is 0 Å². The number of nitro benzene ring substituents is 2. The zero-order valence-corrected chi connectivity index (χ0v) is 26.0. The number of aromatic amines is 2. The van der Waals surface area contributed by atoms with Gasteiger partial charge < -0.3 is 35.7 Å². The van der Waals surface area contributed by atoms with E-state index in [-0.39, 0.29) is 60.5 Å². The number of phenols is 2. The van der Waals surface area contributed by atoms with Crippen LogP contribution in [0.15, 0.2) is 78.9 Å². The number of aromatic nitrogens is 2. The van der Waals surface area contributed by atoms with Crippen LogP contribution in [0.1, 0.15) is 67.1 Å². The summed E-state index contributed by atoms with van der Waals surface area (Å²) in [5.74, 6) is -1.17. The SMILES string of the molecule is C.O=C1NC(=O)c2cc(O)ccc21.O=C1NC(c2c(CO)[nH]c3c([N+](=O)[O-])cccc23)c2cc(O)ccc21.O=[N+]([O-])c1cccc2cc(CO)[nH]c12. The monoisotopic (exact) mass is 710 g/mol. The van der Waals surface area contributed by atoms with E-state index in [1.54, 1.807) is 30.3 Å². The molecule has 8 rings (SSSR count). The average Bonchev–Trinajstić information content (AvgIpc) is 3.86. The first-order chi connectivity index (χ1) is 24.4. The van der Waals surface area contributed by atoms with Crippen molar-refractivity contribution in [2.24, 2.45) is 0 Å². The van der Waals surface area contributed by atoms with Crippen LogP contribution in [0.2, 0.25) is 0 Å². The normalized spacial score (nSPS) is 13.9. The van der Waals surface area contributed by atoms with Crippen molar-refractivity contribution in [3.05, 3.63) is 138 Å². The number of nitro groups is 2. The molecule has 4 heterocycles. The largest absolute Gasteiger partial charge is 0.508 e. The minimum Gasteiger partial charge on any atom is -0.508 e. The van der Waals surface area contributed by atoms with Crippen LogP contribution in [0.25, 0.3) is 21.8 Å². The molecule has 1 atom stereocenters. The number of phenolic OH excluding ortho intramolecular Hbond substituents is 2. The van der Waals surface area contributed by atoms with E-state index in [1.807, 2.05) is 0 Å². The molecule has 1 unspecified atom stereocenters. The Morgan fingerprint density at radius 2 is 1.29 bits per heavy atom. The Morgan fingerprint density at radius 3 is 1.94 bits per heavy atom. The number of para-hydroxylation sites is 2. The number of H-pyrrole nitrogens is 2. The fraction of sp³-hybridized carbons (Fsp3) is 0.114. The molecule has 2 aliphatic heterocycles. The van der Waals surface area contributed by atoms with Crippen LogP contribution in [0, 0.1) is 20.2 Å². The highest BCUT2D eigenvalue weighted by Gasteiger charge is 2.34. The summed E-state index contributed by atoms with van der Waals surface area (Å²) in [5, 5.41) is 65.5. The van der Waals surface area contributed by atoms with E-state index in [1.165, 1.54) is 48.5 Å². The smallest absolute Gasteiger partial charge is 0.293 e. The summed E-state index contributed by atoms with van der Waals surface area (Å²) in [6.07, 6.45) is 0.